The van der Waals surface area contributed by atoms with Gasteiger partial charge in [0.25, 0.3) is 0 Å². The number of nitrogens with one attached hydrogen (secondary N) is 1. The van der Waals surface area contributed by atoms with Crippen LogP contribution in [0.1, 0.15) is 13.3 Å². The predicted molar refractivity (Wildman–Crippen MR) is 73.2 cm³/mol. The maximum atomic E-state index is 11.8. The minimum Gasteiger partial charge on any atom is -0.393 e. The summed E-state index contributed by atoms with van der Waals surface area (Å²) in [5, 5.41) is 0. The van der Waals surface area contributed by atoms with Gasteiger partial charge in [0.2, 0.25) is 10.0 Å². The molecule has 8 heteroatoms. The Kier molecular flexibility index (Phi) is 4.87. The van der Waals surface area contributed by atoms with Gasteiger partial charge in [0, 0.05) is 12.5 Å². The molecule has 1 rings (SSSR count). The molecule has 0 aliphatic rings. The Morgan fingerprint density at radius 3 is 2.75 bits per heavy atom. The molecule has 90 valence electrons. The third kappa shape index (κ3) is 4.10. The van der Waals surface area contributed by atoms with E-state index in [2.05, 4.69) is 20.7 Å². The summed E-state index contributed by atoms with van der Waals surface area (Å²) in [5.74, 6) is 0. The molecule has 0 fully saturated rings. The molecular weight excluding hydrogens is 332 g/mol. The fraction of sp³-hybridized carbons (Fsp3) is 0.375. The first-order valence-electron chi connectivity index (χ1n) is 4.37. The van der Waals surface area contributed by atoms with Crippen molar-refractivity contribution in [3.8, 4) is 0 Å². The summed E-state index contributed by atoms with van der Waals surface area (Å²) < 4.78 is 27.2. The van der Waals surface area contributed by atoms with Gasteiger partial charge in [-0.25, -0.2) is 13.1 Å². The summed E-state index contributed by atoms with van der Waals surface area (Å²) in [6.45, 7) is 1.72. The van der Waals surface area contributed by atoms with Crippen molar-refractivity contribution in [2.75, 3.05) is 0 Å². The van der Waals surface area contributed by atoms with Crippen molar-refractivity contribution < 1.29 is 8.42 Å². The first-order valence-corrected chi connectivity index (χ1v) is 7.87. The Labute approximate surface area is 112 Å². The molecule has 16 heavy (non-hydrogen) atoms. The first-order chi connectivity index (χ1) is 7.31. The van der Waals surface area contributed by atoms with Crippen molar-refractivity contribution in [1.82, 2.24) is 4.72 Å². The molecule has 0 aliphatic carbocycles. The molecule has 0 spiro atoms. The second-order valence-corrected chi connectivity index (χ2v) is 8.18. The van der Waals surface area contributed by atoms with Gasteiger partial charge in [-0.1, -0.05) is 12.2 Å². The molecule has 1 aromatic rings. The lowest BCUT2D eigenvalue weighted by Crippen LogP contribution is -2.34. The Hall–Kier alpha value is -0.0200. The van der Waals surface area contributed by atoms with E-state index in [4.69, 9.17) is 18.0 Å². The minimum atomic E-state index is -3.46. The number of hydrogen-bond acceptors (Lipinski definition) is 4. The highest BCUT2D eigenvalue weighted by atomic mass is 79.9. The summed E-state index contributed by atoms with van der Waals surface area (Å²) in [4.78, 5) is 0.294. The Balaban J connectivity index is 2.76. The summed E-state index contributed by atoms with van der Waals surface area (Å²) in [5.41, 5.74) is 5.35. The molecule has 0 saturated heterocycles. The largest absolute Gasteiger partial charge is 0.393 e. The van der Waals surface area contributed by atoms with E-state index < -0.39 is 10.0 Å². The van der Waals surface area contributed by atoms with Crippen LogP contribution in [0.15, 0.2) is 20.1 Å². The normalized spacial score (nSPS) is 13.6. The third-order valence-corrected chi connectivity index (χ3v) is 5.55. The van der Waals surface area contributed by atoms with Gasteiger partial charge >= 0.3 is 0 Å². The number of rotatable bonds is 5. The van der Waals surface area contributed by atoms with Crippen molar-refractivity contribution in [3.63, 3.8) is 0 Å². The van der Waals surface area contributed by atoms with Gasteiger partial charge in [-0.05, 0) is 35.0 Å². The molecule has 0 bridgehead atoms. The Bertz CT molecular complexity index is 483. The zero-order chi connectivity index (χ0) is 12.3. The van der Waals surface area contributed by atoms with Gasteiger partial charge in [0.05, 0.1) is 8.77 Å². The molecule has 3 N–H and O–H groups in total. The number of thiocarbonyl (C=S) groups is 1. The van der Waals surface area contributed by atoms with Gasteiger partial charge in [-0.3, -0.25) is 0 Å². The maximum absolute atomic E-state index is 11.8. The molecule has 1 atom stereocenters. The van der Waals surface area contributed by atoms with Gasteiger partial charge in [-0.15, -0.1) is 11.3 Å². The van der Waals surface area contributed by atoms with Crippen LogP contribution < -0.4 is 10.5 Å². The van der Waals surface area contributed by atoms with Crippen LogP contribution in [0.2, 0.25) is 0 Å². The van der Waals surface area contributed by atoms with Crippen molar-refractivity contribution in [2.45, 2.75) is 23.6 Å². The van der Waals surface area contributed by atoms with Crippen molar-refractivity contribution in [1.29, 1.82) is 0 Å². The van der Waals surface area contributed by atoms with Crippen LogP contribution in [0.25, 0.3) is 0 Å². The fourth-order valence-corrected chi connectivity index (χ4v) is 4.63. The van der Waals surface area contributed by atoms with E-state index in [0.717, 1.165) is 15.1 Å². The second-order valence-electron chi connectivity index (χ2n) is 3.25. The highest BCUT2D eigenvalue weighted by Crippen LogP contribution is 2.25. The smallest absolute Gasteiger partial charge is 0.250 e. The van der Waals surface area contributed by atoms with Crippen LogP contribution in [0.4, 0.5) is 0 Å². The van der Waals surface area contributed by atoms with E-state index in [1.165, 1.54) is 0 Å². The maximum Gasteiger partial charge on any atom is 0.250 e. The molecule has 1 aromatic heterocycles. The van der Waals surface area contributed by atoms with Crippen molar-refractivity contribution in [2.24, 2.45) is 5.73 Å². The molecule has 1 unspecified atom stereocenters. The van der Waals surface area contributed by atoms with Crippen LogP contribution in [-0.2, 0) is 10.0 Å². The molecule has 0 aromatic carbocycles. The van der Waals surface area contributed by atoms with Crippen LogP contribution in [-0.4, -0.2) is 19.4 Å². The highest BCUT2D eigenvalue weighted by molar-refractivity contribution is 9.11. The van der Waals surface area contributed by atoms with E-state index in [-0.39, 0.29) is 10.3 Å². The fourth-order valence-electron chi connectivity index (χ4n) is 1.11. The van der Waals surface area contributed by atoms with Crippen LogP contribution in [0, 0.1) is 0 Å². The molecule has 0 amide bonds. The van der Waals surface area contributed by atoms with Gasteiger partial charge in [0.15, 0.2) is 0 Å². The SMILES string of the molecule is CC(CC(N)=S)NS(=O)(=O)c1ccc(Br)s1. The van der Waals surface area contributed by atoms with Gasteiger partial charge in [-0.2, -0.15) is 0 Å². The average Bonchev–Trinajstić information content (AvgIpc) is 2.49. The molecular formula is C8H11BrN2O2S3. The number of thiophene rings is 1. The lowest BCUT2D eigenvalue weighted by Gasteiger charge is -2.11. The summed E-state index contributed by atoms with van der Waals surface area (Å²) in [7, 11) is -3.46. The molecule has 0 aliphatic heterocycles. The summed E-state index contributed by atoms with van der Waals surface area (Å²) in [6, 6.07) is 2.94. The molecule has 0 saturated carbocycles. The number of sulfonamides is 1. The Morgan fingerprint density at radius 2 is 2.31 bits per heavy atom. The topological polar surface area (TPSA) is 72.2 Å². The second kappa shape index (κ2) is 5.54. The van der Waals surface area contributed by atoms with E-state index in [9.17, 15) is 8.42 Å². The molecule has 4 nitrogen and oxygen atoms in total. The average molecular weight is 343 g/mol. The quantitative estimate of drug-likeness (QED) is 0.801. The van der Waals surface area contributed by atoms with E-state index in [1.807, 2.05) is 0 Å². The first kappa shape index (κ1) is 14.0. The van der Waals surface area contributed by atoms with Gasteiger partial charge in [0.1, 0.15) is 4.21 Å². The Morgan fingerprint density at radius 1 is 1.69 bits per heavy atom. The predicted octanol–water partition coefficient (Wildman–Crippen LogP) is 1.85. The monoisotopic (exact) mass is 342 g/mol. The lowest BCUT2D eigenvalue weighted by atomic mass is 10.3. The van der Waals surface area contributed by atoms with Crippen LogP contribution >= 0.6 is 39.5 Å². The lowest BCUT2D eigenvalue weighted by molar-refractivity contribution is 0.567. The molecule has 1 heterocycles. The minimum absolute atomic E-state index is 0.272. The number of halogens is 1. The zero-order valence-electron chi connectivity index (χ0n) is 8.44. The van der Waals surface area contributed by atoms with Crippen LogP contribution in [0.5, 0.6) is 0 Å². The zero-order valence-corrected chi connectivity index (χ0v) is 12.5. The van der Waals surface area contributed by atoms with Crippen molar-refractivity contribution >= 4 is 54.5 Å². The highest BCUT2D eigenvalue weighted by Gasteiger charge is 2.19. The van der Waals surface area contributed by atoms with Crippen LogP contribution in [0.3, 0.4) is 0 Å². The van der Waals surface area contributed by atoms with Gasteiger partial charge < -0.3 is 5.73 Å². The van der Waals surface area contributed by atoms with Crippen molar-refractivity contribution in [3.05, 3.63) is 15.9 Å². The van der Waals surface area contributed by atoms with E-state index >= 15 is 0 Å². The molecule has 0 radical (unpaired) electrons. The van der Waals surface area contributed by atoms with E-state index in [1.54, 1.807) is 19.1 Å². The van der Waals surface area contributed by atoms with E-state index in [0.29, 0.717) is 11.4 Å². The third-order valence-electron chi connectivity index (χ3n) is 1.68. The number of nitrogens with two attached hydrogens (primary N) is 1. The standard InChI is InChI=1S/C8H11BrN2O2S3/c1-5(4-7(10)14)11-16(12,13)8-3-2-6(9)15-8/h2-3,5,11H,4H2,1H3,(H2,10,14). The summed E-state index contributed by atoms with van der Waals surface area (Å²) >= 11 is 9.09. The summed E-state index contributed by atoms with van der Waals surface area (Å²) in [6.07, 6.45) is 0.348. The number of hydrogen-bond donors (Lipinski definition) is 2.